The smallest absolute Gasteiger partial charge is 0.254 e. The van der Waals surface area contributed by atoms with Gasteiger partial charge >= 0.3 is 0 Å². The zero-order valence-corrected chi connectivity index (χ0v) is 14.5. The number of nitrogens with one attached hydrogen (secondary N) is 1. The van der Waals surface area contributed by atoms with Crippen LogP contribution in [0.25, 0.3) is 5.69 Å². The van der Waals surface area contributed by atoms with Crippen molar-refractivity contribution in [3.05, 3.63) is 70.0 Å². The van der Waals surface area contributed by atoms with Crippen LogP contribution in [0.4, 0.5) is 8.78 Å². The van der Waals surface area contributed by atoms with Gasteiger partial charge in [-0.05, 0) is 47.7 Å². The molecule has 1 unspecified atom stereocenters. The minimum Gasteiger partial charge on any atom is -0.342 e. The standard InChI is InChI=1S/C16H12BrF2N5O/c1-9(20-16(25)13-6-5-11(18)8-14(13)19)15-21-22-23-24(15)12-4-2-3-10(17)7-12/h2-9H,1H3,(H,20,25). The van der Waals surface area contributed by atoms with Crippen molar-refractivity contribution in [2.45, 2.75) is 13.0 Å². The highest BCUT2D eigenvalue weighted by atomic mass is 79.9. The maximum atomic E-state index is 13.7. The number of hydrogen-bond acceptors (Lipinski definition) is 4. The molecule has 1 N–H and O–H groups in total. The van der Waals surface area contributed by atoms with Crippen LogP contribution < -0.4 is 5.32 Å². The number of carbonyl (C=O) groups excluding carboxylic acids is 1. The van der Waals surface area contributed by atoms with Gasteiger partial charge in [-0.15, -0.1) is 5.10 Å². The summed E-state index contributed by atoms with van der Waals surface area (Å²) in [4.78, 5) is 12.2. The number of halogens is 3. The lowest BCUT2D eigenvalue weighted by molar-refractivity contribution is 0.0933. The number of benzene rings is 2. The van der Waals surface area contributed by atoms with E-state index in [9.17, 15) is 13.6 Å². The van der Waals surface area contributed by atoms with Gasteiger partial charge in [0, 0.05) is 10.5 Å². The number of rotatable bonds is 4. The van der Waals surface area contributed by atoms with Crippen LogP contribution >= 0.6 is 15.9 Å². The van der Waals surface area contributed by atoms with Crippen LogP contribution in [0.3, 0.4) is 0 Å². The monoisotopic (exact) mass is 407 g/mol. The lowest BCUT2D eigenvalue weighted by Gasteiger charge is -2.14. The third-order valence-electron chi connectivity index (χ3n) is 3.46. The van der Waals surface area contributed by atoms with E-state index in [1.54, 1.807) is 13.0 Å². The fourth-order valence-electron chi connectivity index (χ4n) is 2.27. The third kappa shape index (κ3) is 3.71. The molecule has 3 aromatic rings. The predicted octanol–water partition coefficient (Wildman–Crippen LogP) is 3.19. The minimum atomic E-state index is -0.934. The Morgan fingerprint density at radius 2 is 2.04 bits per heavy atom. The van der Waals surface area contributed by atoms with Crippen LogP contribution in [-0.2, 0) is 0 Å². The first kappa shape index (κ1) is 17.2. The Morgan fingerprint density at radius 3 is 2.76 bits per heavy atom. The zero-order valence-electron chi connectivity index (χ0n) is 12.9. The Bertz CT molecular complexity index is 930. The summed E-state index contributed by atoms with van der Waals surface area (Å²) in [6.07, 6.45) is 0. The fraction of sp³-hybridized carbons (Fsp3) is 0.125. The van der Waals surface area contributed by atoms with Gasteiger partial charge in [0.15, 0.2) is 5.82 Å². The molecule has 1 amide bonds. The molecule has 1 aromatic heterocycles. The maximum Gasteiger partial charge on any atom is 0.254 e. The number of amides is 1. The Morgan fingerprint density at radius 1 is 1.24 bits per heavy atom. The van der Waals surface area contributed by atoms with E-state index in [4.69, 9.17) is 0 Å². The van der Waals surface area contributed by atoms with Gasteiger partial charge in [0.1, 0.15) is 11.6 Å². The molecule has 9 heteroatoms. The minimum absolute atomic E-state index is 0.255. The van der Waals surface area contributed by atoms with Gasteiger partial charge in [-0.2, -0.15) is 4.68 Å². The summed E-state index contributed by atoms with van der Waals surface area (Å²) in [5.74, 6) is -2.00. The summed E-state index contributed by atoms with van der Waals surface area (Å²) in [6.45, 7) is 1.67. The predicted molar refractivity (Wildman–Crippen MR) is 89.1 cm³/mol. The van der Waals surface area contributed by atoms with E-state index < -0.39 is 23.6 Å². The number of carbonyl (C=O) groups is 1. The lowest BCUT2D eigenvalue weighted by Crippen LogP contribution is -2.29. The Balaban J connectivity index is 1.84. The molecule has 128 valence electrons. The highest BCUT2D eigenvalue weighted by Gasteiger charge is 2.20. The van der Waals surface area contributed by atoms with E-state index in [1.807, 2.05) is 18.2 Å². The Kier molecular flexibility index (Phi) is 4.84. The van der Waals surface area contributed by atoms with Crippen molar-refractivity contribution in [3.8, 4) is 5.69 Å². The van der Waals surface area contributed by atoms with Crippen molar-refractivity contribution in [3.63, 3.8) is 0 Å². The first-order chi connectivity index (χ1) is 12.0. The summed E-state index contributed by atoms with van der Waals surface area (Å²) < 4.78 is 29.0. The first-order valence-electron chi connectivity index (χ1n) is 7.26. The van der Waals surface area contributed by atoms with E-state index in [0.717, 1.165) is 16.6 Å². The van der Waals surface area contributed by atoms with Gasteiger partial charge in [-0.3, -0.25) is 4.79 Å². The second-order valence-corrected chi connectivity index (χ2v) is 6.16. The third-order valence-corrected chi connectivity index (χ3v) is 3.95. The van der Waals surface area contributed by atoms with Crippen LogP contribution in [0.5, 0.6) is 0 Å². The summed E-state index contributed by atoms with van der Waals surface area (Å²) in [7, 11) is 0. The average molecular weight is 408 g/mol. The van der Waals surface area contributed by atoms with Crippen LogP contribution in [0.2, 0.25) is 0 Å². The van der Waals surface area contributed by atoms with Gasteiger partial charge in [0.2, 0.25) is 0 Å². The molecule has 0 bridgehead atoms. The van der Waals surface area contributed by atoms with Crippen molar-refractivity contribution in [2.24, 2.45) is 0 Å². The van der Waals surface area contributed by atoms with Gasteiger partial charge in [-0.1, -0.05) is 22.0 Å². The second kappa shape index (κ2) is 7.06. The molecule has 0 aliphatic rings. The first-order valence-corrected chi connectivity index (χ1v) is 8.05. The van der Waals surface area contributed by atoms with Crippen LogP contribution in [-0.4, -0.2) is 26.1 Å². The zero-order chi connectivity index (χ0) is 18.0. The molecular formula is C16H12BrF2N5O. The summed E-state index contributed by atoms with van der Waals surface area (Å²) in [5.41, 5.74) is 0.443. The molecule has 0 radical (unpaired) electrons. The van der Waals surface area contributed by atoms with Crippen LogP contribution in [0.15, 0.2) is 46.9 Å². The quantitative estimate of drug-likeness (QED) is 0.720. The van der Waals surface area contributed by atoms with Crippen molar-refractivity contribution in [2.75, 3.05) is 0 Å². The Labute approximate surface area is 150 Å². The second-order valence-electron chi connectivity index (χ2n) is 5.25. The summed E-state index contributed by atoms with van der Waals surface area (Å²) in [5, 5.41) is 14.1. The molecule has 25 heavy (non-hydrogen) atoms. The van der Waals surface area contributed by atoms with Gasteiger partial charge in [0.25, 0.3) is 5.91 Å². The SMILES string of the molecule is CC(NC(=O)c1ccc(F)cc1F)c1nnnn1-c1cccc(Br)c1. The number of aromatic nitrogens is 4. The molecule has 0 fully saturated rings. The highest BCUT2D eigenvalue weighted by Crippen LogP contribution is 2.19. The topological polar surface area (TPSA) is 72.7 Å². The molecule has 0 spiro atoms. The van der Waals surface area contributed by atoms with E-state index in [1.165, 1.54) is 4.68 Å². The van der Waals surface area contributed by atoms with Crippen molar-refractivity contribution < 1.29 is 13.6 Å². The van der Waals surface area contributed by atoms with Crippen LogP contribution in [0, 0.1) is 11.6 Å². The molecule has 1 atom stereocenters. The van der Waals surface area contributed by atoms with E-state index in [0.29, 0.717) is 17.6 Å². The van der Waals surface area contributed by atoms with Gasteiger partial charge in [0.05, 0.1) is 17.3 Å². The van der Waals surface area contributed by atoms with Crippen molar-refractivity contribution in [1.82, 2.24) is 25.5 Å². The van der Waals surface area contributed by atoms with Gasteiger partial charge < -0.3 is 5.32 Å². The highest BCUT2D eigenvalue weighted by molar-refractivity contribution is 9.10. The molecule has 2 aromatic carbocycles. The molecular weight excluding hydrogens is 396 g/mol. The molecule has 0 saturated carbocycles. The summed E-state index contributed by atoms with van der Waals surface area (Å²) >= 11 is 3.37. The molecule has 6 nitrogen and oxygen atoms in total. The van der Waals surface area contributed by atoms with E-state index in [2.05, 4.69) is 36.8 Å². The lowest BCUT2D eigenvalue weighted by atomic mass is 10.1. The number of tetrazole rings is 1. The van der Waals surface area contributed by atoms with Crippen molar-refractivity contribution >= 4 is 21.8 Å². The Hall–Kier alpha value is -2.68. The average Bonchev–Trinajstić information content (AvgIpc) is 3.04. The van der Waals surface area contributed by atoms with Crippen molar-refractivity contribution in [1.29, 1.82) is 0 Å². The molecule has 0 saturated heterocycles. The molecule has 0 aliphatic heterocycles. The largest absolute Gasteiger partial charge is 0.342 e. The normalized spacial score (nSPS) is 12.0. The molecule has 3 rings (SSSR count). The fourth-order valence-corrected chi connectivity index (χ4v) is 2.66. The molecule has 0 aliphatic carbocycles. The summed E-state index contributed by atoms with van der Waals surface area (Å²) in [6, 6.07) is 9.46. The van der Waals surface area contributed by atoms with Gasteiger partial charge in [-0.25, -0.2) is 8.78 Å². The maximum absolute atomic E-state index is 13.7. The van der Waals surface area contributed by atoms with E-state index in [-0.39, 0.29) is 5.56 Å². The van der Waals surface area contributed by atoms with E-state index >= 15 is 0 Å². The number of hydrogen-bond donors (Lipinski definition) is 1. The number of nitrogens with zero attached hydrogens (tertiary/aromatic N) is 4. The van der Waals surface area contributed by atoms with Crippen LogP contribution in [0.1, 0.15) is 29.1 Å². The molecule has 1 heterocycles.